The molecule has 1 heterocycles. The number of aliphatic hydroxyl groups excluding tert-OH is 1. The second kappa shape index (κ2) is 4.87. The summed E-state index contributed by atoms with van der Waals surface area (Å²) in [6.45, 7) is 6.81. The van der Waals surface area contributed by atoms with Crippen molar-refractivity contribution >= 4 is 17.3 Å². The highest BCUT2D eigenvalue weighted by Gasteiger charge is 2.27. The molecule has 0 saturated carbocycles. The largest absolute Gasteiger partial charge is 0.392 e. The zero-order valence-corrected chi connectivity index (χ0v) is 11.6. The lowest BCUT2D eigenvalue weighted by Gasteiger charge is -2.32. The SMILES string of the molecule is C/C(=C/CO)c1ccc2c(c1)C(C)(C)CCS2. The van der Waals surface area contributed by atoms with Gasteiger partial charge >= 0.3 is 0 Å². The summed E-state index contributed by atoms with van der Waals surface area (Å²) in [4.78, 5) is 1.42. The topological polar surface area (TPSA) is 20.2 Å². The van der Waals surface area contributed by atoms with E-state index in [1.807, 2.05) is 17.8 Å². The third kappa shape index (κ3) is 2.58. The molecule has 0 saturated heterocycles. The molecular weight excluding hydrogens is 228 g/mol. The van der Waals surface area contributed by atoms with Gasteiger partial charge in [-0.1, -0.05) is 26.0 Å². The fourth-order valence-electron chi connectivity index (χ4n) is 2.24. The Morgan fingerprint density at radius 3 is 2.94 bits per heavy atom. The maximum Gasteiger partial charge on any atom is 0.0618 e. The molecule has 1 nitrogen and oxygen atoms in total. The molecule has 0 atom stereocenters. The molecule has 17 heavy (non-hydrogen) atoms. The van der Waals surface area contributed by atoms with E-state index in [0.29, 0.717) is 0 Å². The van der Waals surface area contributed by atoms with Crippen LogP contribution >= 0.6 is 11.8 Å². The normalized spacial score (nSPS) is 18.9. The van der Waals surface area contributed by atoms with Crippen molar-refractivity contribution in [2.45, 2.75) is 37.5 Å². The van der Waals surface area contributed by atoms with Gasteiger partial charge in [-0.05, 0) is 53.3 Å². The third-order valence-electron chi connectivity index (χ3n) is 3.55. The first-order valence-corrected chi connectivity index (χ1v) is 7.08. The fourth-order valence-corrected chi connectivity index (χ4v) is 3.72. The van der Waals surface area contributed by atoms with Gasteiger partial charge in [0, 0.05) is 4.90 Å². The molecule has 0 unspecified atom stereocenters. The van der Waals surface area contributed by atoms with Gasteiger partial charge in [0.05, 0.1) is 6.61 Å². The average Bonchev–Trinajstić information content (AvgIpc) is 2.29. The molecule has 0 aliphatic carbocycles. The van der Waals surface area contributed by atoms with Crippen LogP contribution in [0.1, 0.15) is 38.3 Å². The van der Waals surface area contributed by atoms with Gasteiger partial charge in [0.1, 0.15) is 0 Å². The molecule has 0 spiro atoms. The Labute approximate surface area is 108 Å². The molecule has 0 fully saturated rings. The van der Waals surface area contributed by atoms with Gasteiger partial charge < -0.3 is 5.11 Å². The van der Waals surface area contributed by atoms with Crippen LogP contribution in [0.25, 0.3) is 5.57 Å². The summed E-state index contributed by atoms with van der Waals surface area (Å²) in [7, 11) is 0. The number of allylic oxidation sites excluding steroid dienone is 1. The third-order valence-corrected chi connectivity index (χ3v) is 4.62. The lowest BCUT2D eigenvalue weighted by Crippen LogP contribution is -2.22. The van der Waals surface area contributed by atoms with Crippen molar-refractivity contribution in [3.63, 3.8) is 0 Å². The van der Waals surface area contributed by atoms with E-state index in [9.17, 15) is 0 Å². The summed E-state index contributed by atoms with van der Waals surface area (Å²) in [5.74, 6) is 1.21. The highest BCUT2D eigenvalue weighted by molar-refractivity contribution is 7.99. The van der Waals surface area contributed by atoms with Crippen molar-refractivity contribution in [3.8, 4) is 0 Å². The van der Waals surface area contributed by atoms with Gasteiger partial charge in [-0.15, -0.1) is 11.8 Å². The molecule has 1 N–H and O–H groups in total. The minimum Gasteiger partial charge on any atom is -0.392 e. The Bertz CT molecular complexity index is 446. The molecule has 2 heteroatoms. The smallest absolute Gasteiger partial charge is 0.0618 e. The summed E-state index contributed by atoms with van der Waals surface area (Å²) < 4.78 is 0. The zero-order chi connectivity index (χ0) is 12.5. The maximum atomic E-state index is 8.96. The fraction of sp³-hybridized carbons (Fsp3) is 0.467. The van der Waals surface area contributed by atoms with Crippen LogP contribution in [0.15, 0.2) is 29.2 Å². The quantitative estimate of drug-likeness (QED) is 0.857. The summed E-state index contributed by atoms with van der Waals surface area (Å²) in [5.41, 5.74) is 4.11. The van der Waals surface area contributed by atoms with Gasteiger partial charge in [0.15, 0.2) is 0 Å². The predicted octanol–water partition coefficient (Wildman–Crippen LogP) is 3.86. The highest BCUT2D eigenvalue weighted by atomic mass is 32.2. The van der Waals surface area contributed by atoms with Crippen LogP contribution < -0.4 is 0 Å². The summed E-state index contributed by atoms with van der Waals surface area (Å²) in [5, 5.41) is 8.96. The summed E-state index contributed by atoms with van der Waals surface area (Å²) in [6.07, 6.45) is 3.10. The second-order valence-electron chi connectivity index (χ2n) is 5.26. The van der Waals surface area contributed by atoms with Gasteiger partial charge in [0.25, 0.3) is 0 Å². The molecule has 1 aromatic rings. The lowest BCUT2D eigenvalue weighted by atomic mass is 9.80. The molecule has 0 radical (unpaired) electrons. The molecule has 1 aliphatic heterocycles. The van der Waals surface area contributed by atoms with E-state index in [0.717, 1.165) is 5.57 Å². The van der Waals surface area contributed by atoms with E-state index < -0.39 is 0 Å². The Kier molecular flexibility index (Phi) is 3.64. The van der Waals surface area contributed by atoms with Crippen LogP contribution in [0, 0.1) is 0 Å². The molecule has 2 rings (SSSR count). The number of aliphatic hydroxyl groups is 1. The Balaban J connectivity index is 2.45. The van der Waals surface area contributed by atoms with Crippen molar-refractivity contribution in [1.82, 2.24) is 0 Å². The Morgan fingerprint density at radius 1 is 1.47 bits per heavy atom. The number of rotatable bonds is 2. The monoisotopic (exact) mass is 248 g/mol. The molecule has 0 amide bonds. The number of hydrogen-bond acceptors (Lipinski definition) is 2. The molecule has 0 bridgehead atoms. The van der Waals surface area contributed by atoms with E-state index in [1.54, 1.807) is 0 Å². The van der Waals surface area contributed by atoms with Gasteiger partial charge in [-0.3, -0.25) is 0 Å². The van der Waals surface area contributed by atoms with E-state index in [-0.39, 0.29) is 12.0 Å². The Morgan fingerprint density at radius 2 is 2.24 bits per heavy atom. The average molecular weight is 248 g/mol. The van der Waals surface area contributed by atoms with Gasteiger partial charge in [-0.25, -0.2) is 0 Å². The predicted molar refractivity (Wildman–Crippen MR) is 75.5 cm³/mol. The lowest BCUT2D eigenvalue weighted by molar-refractivity contribution is 0.343. The minimum absolute atomic E-state index is 0.112. The Hall–Kier alpha value is -0.730. The minimum atomic E-state index is 0.112. The molecular formula is C15H20OS. The van der Waals surface area contributed by atoms with E-state index in [4.69, 9.17) is 5.11 Å². The van der Waals surface area contributed by atoms with E-state index >= 15 is 0 Å². The number of hydrogen-bond donors (Lipinski definition) is 1. The van der Waals surface area contributed by atoms with Crippen LogP contribution in [0.5, 0.6) is 0 Å². The zero-order valence-electron chi connectivity index (χ0n) is 10.8. The summed E-state index contributed by atoms with van der Waals surface area (Å²) in [6, 6.07) is 6.68. The van der Waals surface area contributed by atoms with Crippen molar-refractivity contribution < 1.29 is 5.11 Å². The van der Waals surface area contributed by atoms with Crippen molar-refractivity contribution in [2.75, 3.05) is 12.4 Å². The van der Waals surface area contributed by atoms with E-state index in [2.05, 4.69) is 39.0 Å². The molecule has 0 aromatic heterocycles. The molecule has 92 valence electrons. The van der Waals surface area contributed by atoms with Gasteiger partial charge in [-0.2, -0.15) is 0 Å². The molecule has 1 aromatic carbocycles. The first-order valence-electron chi connectivity index (χ1n) is 6.10. The van der Waals surface area contributed by atoms with Crippen LogP contribution in [0.3, 0.4) is 0 Å². The van der Waals surface area contributed by atoms with Crippen LogP contribution in [-0.2, 0) is 5.41 Å². The van der Waals surface area contributed by atoms with Crippen molar-refractivity contribution in [2.24, 2.45) is 0 Å². The summed E-state index contributed by atoms with van der Waals surface area (Å²) >= 11 is 1.96. The van der Waals surface area contributed by atoms with Crippen LogP contribution in [0.2, 0.25) is 0 Å². The number of benzene rings is 1. The number of thioether (sulfide) groups is 1. The first kappa shape index (κ1) is 12.7. The van der Waals surface area contributed by atoms with E-state index in [1.165, 1.54) is 28.2 Å². The van der Waals surface area contributed by atoms with Crippen molar-refractivity contribution in [3.05, 3.63) is 35.4 Å². The van der Waals surface area contributed by atoms with Crippen molar-refractivity contribution in [1.29, 1.82) is 0 Å². The number of fused-ring (bicyclic) bond motifs is 1. The van der Waals surface area contributed by atoms with Crippen LogP contribution in [-0.4, -0.2) is 17.5 Å². The highest BCUT2D eigenvalue weighted by Crippen LogP contribution is 2.42. The second-order valence-corrected chi connectivity index (χ2v) is 6.40. The standard InChI is InChI=1S/C15H20OS/c1-11(6-8-16)12-4-5-14-13(10-12)15(2,3)7-9-17-14/h4-6,10,16H,7-9H2,1-3H3/b11-6-. The van der Waals surface area contributed by atoms with Crippen LogP contribution in [0.4, 0.5) is 0 Å². The molecule has 1 aliphatic rings. The maximum absolute atomic E-state index is 8.96. The van der Waals surface area contributed by atoms with Gasteiger partial charge in [0.2, 0.25) is 0 Å². The first-order chi connectivity index (χ1) is 8.04.